The van der Waals surface area contributed by atoms with E-state index in [4.69, 9.17) is 0 Å². The molecule has 17 heavy (non-hydrogen) atoms. The summed E-state index contributed by atoms with van der Waals surface area (Å²) in [5.41, 5.74) is 1.55. The van der Waals surface area contributed by atoms with Crippen LogP contribution in [0.3, 0.4) is 0 Å². The van der Waals surface area contributed by atoms with Crippen molar-refractivity contribution in [2.75, 3.05) is 10.6 Å². The third-order valence-corrected chi connectivity index (χ3v) is 2.23. The molecule has 6 heteroatoms. The summed E-state index contributed by atoms with van der Waals surface area (Å²) in [5.74, 6) is 0.627. The van der Waals surface area contributed by atoms with Crippen LogP contribution in [0.5, 0.6) is 0 Å². The van der Waals surface area contributed by atoms with Crippen LogP contribution in [-0.2, 0) is 7.05 Å². The summed E-state index contributed by atoms with van der Waals surface area (Å²) >= 11 is 0. The molecule has 0 radical (unpaired) electrons. The molecule has 0 aliphatic heterocycles. The number of carbonyl (C=O) groups is 1. The van der Waals surface area contributed by atoms with E-state index in [9.17, 15) is 4.79 Å². The second-order valence-electron chi connectivity index (χ2n) is 3.61. The maximum atomic E-state index is 11.6. The fraction of sp³-hybridized carbons (Fsp3) is 0.182. The van der Waals surface area contributed by atoms with Crippen LogP contribution in [0.15, 0.2) is 30.6 Å². The summed E-state index contributed by atoms with van der Waals surface area (Å²) in [5, 5.41) is 9.31. The van der Waals surface area contributed by atoms with Crippen LogP contribution in [0.2, 0.25) is 0 Å². The smallest absolute Gasteiger partial charge is 0.306 e. The molecule has 0 aliphatic carbocycles. The van der Waals surface area contributed by atoms with Gasteiger partial charge in [0.15, 0.2) is 0 Å². The number of nitrogens with one attached hydrogen (secondary N) is 2. The van der Waals surface area contributed by atoms with Crippen molar-refractivity contribution >= 4 is 17.5 Å². The number of rotatable bonds is 2. The van der Waals surface area contributed by atoms with Crippen LogP contribution in [0, 0.1) is 6.92 Å². The zero-order chi connectivity index (χ0) is 12.3. The number of nitrogens with zero attached hydrogens (tertiary/aromatic N) is 3. The molecule has 88 valence electrons. The Balaban J connectivity index is 1.98. The Bertz CT molecular complexity index is 517. The van der Waals surface area contributed by atoms with E-state index >= 15 is 0 Å². The predicted octanol–water partition coefficient (Wildman–Crippen LogP) is 1.77. The monoisotopic (exact) mass is 231 g/mol. The number of aryl methyl sites for hydroxylation is 2. The van der Waals surface area contributed by atoms with Gasteiger partial charge in [0.2, 0.25) is 0 Å². The number of anilines is 2. The molecule has 2 aromatic rings. The maximum absolute atomic E-state index is 11.6. The number of pyridine rings is 1. The van der Waals surface area contributed by atoms with E-state index in [1.54, 1.807) is 36.3 Å². The third-order valence-electron chi connectivity index (χ3n) is 2.23. The molecule has 0 saturated carbocycles. The third kappa shape index (κ3) is 2.81. The van der Waals surface area contributed by atoms with Gasteiger partial charge in [-0.1, -0.05) is 0 Å². The Hall–Kier alpha value is -2.37. The van der Waals surface area contributed by atoms with E-state index in [-0.39, 0.29) is 6.03 Å². The highest BCUT2D eigenvalue weighted by atomic mass is 16.2. The zero-order valence-electron chi connectivity index (χ0n) is 9.64. The van der Waals surface area contributed by atoms with Gasteiger partial charge in [0.1, 0.15) is 5.82 Å². The van der Waals surface area contributed by atoms with Gasteiger partial charge in [-0.05, 0) is 19.1 Å². The number of amides is 2. The van der Waals surface area contributed by atoms with Crippen molar-refractivity contribution in [2.45, 2.75) is 6.92 Å². The number of aromatic nitrogens is 3. The molecule has 0 unspecified atom stereocenters. The molecule has 0 atom stereocenters. The van der Waals surface area contributed by atoms with Gasteiger partial charge < -0.3 is 5.32 Å². The van der Waals surface area contributed by atoms with Gasteiger partial charge in [0.05, 0.1) is 18.1 Å². The Morgan fingerprint density at radius 1 is 1.29 bits per heavy atom. The van der Waals surface area contributed by atoms with Crippen molar-refractivity contribution in [3.05, 3.63) is 36.3 Å². The normalized spacial score (nSPS) is 10.0. The standard InChI is InChI=1S/C11H13N5O/c1-8-3-4-9(7-12-8)14-11(17)15-10-5-6-13-16(10)2/h3-7H,1-2H3,(H2,14,15,17). The van der Waals surface area contributed by atoms with Crippen LogP contribution in [0.4, 0.5) is 16.3 Å². The van der Waals surface area contributed by atoms with E-state index in [2.05, 4.69) is 20.7 Å². The Kier molecular flexibility index (Phi) is 3.04. The highest BCUT2D eigenvalue weighted by Crippen LogP contribution is 2.07. The van der Waals surface area contributed by atoms with Crippen molar-refractivity contribution < 1.29 is 4.79 Å². The zero-order valence-corrected chi connectivity index (χ0v) is 9.64. The van der Waals surface area contributed by atoms with Crippen LogP contribution in [0.1, 0.15) is 5.69 Å². The van der Waals surface area contributed by atoms with E-state index in [1.165, 1.54) is 0 Å². The first-order valence-electron chi connectivity index (χ1n) is 5.14. The first kappa shape index (κ1) is 11.1. The topological polar surface area (TPSA) is 71.8 Å². The average molecular weight is 231 g/mol. The second kappa shape index (κ2) is 4.65. The molecule has 6 nitrogen and oxygen atoms in total. The van der Waals surface area contributed by atoms with Gasteiger partial charge in [0, 0.05) is 18.8 Å². The highest BCUT2D eigenvalue weighted by Gasteiger charge is 2.05. The van der Waals surface area contributed by atoms with Crippen LogP contribution in [-0.4, -0.2) is 20.8 Å². The molecule has 2 rings (SSSR count). The van der Waals surface area contributed by atoms with Crippen molar-refractivity contribution in [3.8, 4) is 0 Å². The summed E-state index contributed by atoms with van der Waals surface area (Å²) in [6.45, 7) is 1.89. The first-order valence-corrected chi connectivity index (χ1v) is 5.14. The van der Waals surface area contributed by atoms with Gasteiger partial charge in [-0.3, -0.25) is 15.0 Å². The van der Waals surface area contributed by atoms with Crippen LogP contribution < -0.4 is 10.6 Å². The summed E-state index contributed by atoms with van der Waals surface area (Å²) in [6.07, 6.45) is 3.22. The summed E-state index contributed by atoms with van der Waals surface area (Å²) < 4.78 is 1.58. The second-order valence-corrected chi connectivity index (χ2v) is 3.61. The molecule has 0 aromatic carbocycles. The molecular weight excluding hydrogens is 218 g/mol. The number of urea groups is 1. The lowest BCUT2D eigenvalue weighted by atomic mass is 10.3. The quantitative estimate of drug-likeness (QED) is 0.827. The first-order chi connectivity index (χ1) is 8.15. The van der Waals surface area contributed by atoms with Crippen molar-refractivity contribution in [2.24, 2.45) is 7.05 Å². The van der Waals surface area contributed by atoms with Crippen LogP contribution >= 0.6 is 0 Å². The lowest BCUT2D eigenvalue weighted by molar-refractivity contribution is 0.262. The molecule has 0 bridgehead atoms. The van der Waals surface area contributed by atoms with E-state index in [0.29, 0.717) is 11.5 Å². The SMILES string of the molecule is Cc1ccc(NC(=O)Nc2ccnn2C)cn1. The molecule has 2 N–H and O–H groups in total. The largest absolute Gasteiger partial charge is 0.324 e. The van der Waals surface area contributed by atoms with Crippen molar-refractivity contribution in [3.63, 3.8) is 0 Å². The van der Waals surface area contributed by atoms with E-state index in [0.717, 1.165) is 5.69 Å². The highest BCUT2D eigenvalue weighted by molar-refractivity contribution is 5.99. The van der Waals surface area contributed by atoms with Gasteiger partial charge in [-0.2, -0.15) is 5.10 Å². The Morgan fingerprint density at radius 2 is 2.12 bits per heavy atom. The maximum Gasteiger partial charge on any atom is 0.324 e. The summed E-state index contributed by atoms with van der Waals surface area (Å²) in [7, 11) is 1.75. The van der Waals surface area contributed by atoms with E-state index < -0.39 is 0 Å². The van der Waals surface area contributed by atoms with Crippen molar-refractivity contribution in [1.82, 2.24) is 14.8 Å². The van der Waals surface area contributed by atoms with E-state index in [1.807, 2.05) is 13.0 Å². The summed E-state index contributed by atoms with van der Waals surface area (Å²) in [4.78, 5) is 15.7. The van der Waals surface area contributed by atoms with Gasteiger partial charge >= 0.3 is 6.03 Å². The van der Waals surface area contributed by atoms with Gasteiger partial charge in [-0.15, -0.1) is 0 Å². The molecule has 2 amide bonds. The minimum Gasteiger partial charge on any atom is -0.306 e. The van der Waals surface area contributed by atoms with Crippen molar-refractivity contribution in [1.29, 1.82) is 0 Å². The Morgan fingerprint density at radius 3 is 2.71 bits per heavy atom. The fourth-order valence-corrected chi connectivity index (χ4v) is 1.32. The molecular formula is C11H13N5O. The summed E-state index contributed by atoms with van der Waals surface area (Å²) in [6, 6.07) is 5.02. The molecule has 2 aromatic heterocycles. The van der Waals surface area contributed by atoms with Gasteiger partial charge in [0.25, 0.3) is 0 Å². The Labute approximate surface area is 98.7 Å². The number of hydrogen-bond donors (Lipinski definition) is 2. The molecule has 2 heterocycles. The van der Waals surface area contributed by atoms with Gasteiger partial charge in [-0.25, -0.2) is 4.79 Å². The molecule has 0 aliphatic rings. The molecule has 0 fully saturated rings. The number of carbonyl (C=O) groups excluding carboxylic acids is 1. The molecule has 0 saturated heterocycles. The predicted molar refractivity (Wildman–Crippen MR) is 64.8 cm³/mol. The minimum atomic E-state index is -0.320. The average Bonchev–Trinajstić information content (AvgIpc) is 2.68. The minimum absolute atomic E-state index is 0.320. The molecule has 0 spiro atoms. The lowest BCUT2D eigenvalue weighted by Crippen LogP contribution is -2.21. The van der Waals surface area contributed by atoms with Crippen LogP contribution in [0.25, 0.3) is 0 Å². The lowest BCUT2D eigenvalue weighted by Gasteiger charge is -2.07. The number of hydrogen-bond acceptors (Lipinski definition) is 3. The fourth-order valence-electron chi connectivity index (χ4n) is 1.32.